The lowest BCUT2D eigenvalue weighted by Gasteiger charge is -2.46. The molecule has 3 fully saturated rings. The lowest BCUT2D eigenvalue weighted by molar-refractivity contribution is -0.143. The molecule has 0 radical (unpaired) electrons. The molecule has 0 aromatic heterocycles. The zero-order chi connectivity index (χ0) is 22.8. The number of hydrogen-bond donors (Lipinski definition) is 0. The Morgan fingerprint density at radius 2 is 1.70 bits per heavy atom. The maximum absolute atomic E-state index is 13.7. The van der Waals surface area contributed by atoms with Gasteiger partial charge in [0, 0.05) is 56.5 Å². The highest BCUT2D eigenvalue weighted by atomic mass is 35.5. The number of para-hydroxylation sites is 1. The van der Waals surface area contributed by atoms with Crippen molar-refractivity contribution in [2.24, 2.45) is 5.92 Å². The molecular weight excluding hydrogens is 430 g/mol. The van der Waals surface area contributed by atoms with Gasteiger partial charge in [0.15, 0.2) is 0 Å². The fraction of sp³-hybridized carbons (Fsp3) is 0.536. The Hall–Kier alpha value is -2.04. The lowest BCUT2D eigenvalue weighted by atomic mass is 9.63. The highest BCUT2D eigenvalue weighted by Gasteiger charge is 2.48. The van der Waals surface area contributed by atoms with Gasteiger partial charge in [0.2, 0.25) is 5.91 Å². The first-order chi connectivity index (χ1) is 16.0. The van der Waals surface area contributed by atoms with Gasteiger partial charge < -0.3 is 9.80 Å². The molecule has 1 amide bonds. The number of carbonyl (C=O) groups excluding carboxylic acids is 1. The van der Waals surface area contributed by atoms with Gasteiger partial charge in [0.25, 0.3) is 0 Å². The van der Waals surface area contributed by atoms with E-state index in [1.54, 1.807) is 0 Å². The molecule has 3 aliphatic rings. The van der Waals surface area contributed by atoms with Crippen molar-refractivity contribution in [2.75, 3.05) is 50.7 Å². The highest BCUT2D eigenvalue weighted by Crippen LogP contribution is 2.46. The number of nitrogens with zero attached hydrogens (tertiary/aromatic N) is 3. The van der Waals surface area contributed by atoms with Crippen LogP contribution >= 0.6 is 11.6 Å². The molecule has 0 N–H and O–H groups in total. The second kappa shape index (κ2) is 9.68. The van der Waals surface area contributed by atoms with Crippen LogP contribution in [0.1, 0.15) is 43.2 Å². The van der Waals surface area contributed by atoms with Crippen molar-refractivity contribution >= 4 is 23.2 Å². The second-order valence-corrected chi connectivity index (χ2v) is 10.7. The maximum Gasteiger partial charge on any atom is 0.233 e. The molecule has 2 aliphatic heterocycles. The molecule has 0 spiro atoms. The third-order valence-electron chi connectivity index (χ3n) is 8.16. The summed E-state index contributed by atoms with van der Waals surface area (Å²) in [6.07, 6.45) is 5.42. The average Bonchev–Trinajstić information content (AvgIpc) is 2.81. The normalized spacial score (nSPS) is 23.3. The van der Waals surface area contributed by atoms with Gasteiger partial charge in [-0.2, -0.15) is 0 Å². The van der Waals surface area contributed by atoms with Crippen LogP contribution in [0.2, 0.25) is 5.02 Å². The molecule has 1 unspecified atom stereocenters. The first-order valence-electron chi connectivity index (χ1n) is 12.6. The number of carbonyl (C=O) groups is 1. The predicted molar refractivity (Wildman–Crippen MR) is 136 cm³/mol. The van der Waals surface area contributed by atoms with Gasteiger partial charge >= 0.3 is 0 Å². The van der Waals surface area contributed by atoms with E-state index in [2.05, 4.69) is 58.0 Å². The van der Waals surface area contributed by atoms with Crippen molar-refractivity contribution < 1.29 is 4.79 Å². The Morgan fingerprint density at radius 3 is 2.36 bits per heavy atom. The third-order valence-corrected chi connectivity index (χ3v) is 8.42. The standard InChI is InChI=1S/C28H36ClN3O/c1-22-6-2-3-8-26(22)31-18-16-30(17-19-31)20-23-7-4-15-32(21-23)27(33)28(13-5-14-28)24-9-11-25(29)12-10-24/h2-3,6,8-12,23H,4-5,7,13-21H2,1H3. The van der Waals surface area contributed by atoms with E-state index in [-0.39, 0.29) is 5.41 Å². The zero-order valence-corrected chi connectivity index (χ0v) is 20.6. The van der Waals surface area contributed by atoms with Crippen molar-refractivity contribution in [1.82, 2.24) is 9.80 Å². The lowest BCUT2D eigenvalue weighted by Crippen LogP contribution is -2.55. The van der Waals surface area contributed by atoms with Crippen LogP contribution in [0.4, 0.5) is 5.69 Å². The molecule has 5 rings (SSSR count). The van der Waals surface area contributed by atoms with Gasteiger partial charge in [-0.25, -0.2) is 0 Å². The second-order valence-electron chi connectivity index (χ2n) is 10.3. The van der Waals surface area contributed by atoms with Crippen molar-refractivity contribution in [2.45, 2.75) is 44.4 Å². The fourth-order valence-corrected chi connectivity index (χ4v) is 6.21. The quantitative estimate of drug-likeness (QED) is 0.612. The molecule has 1 saturated carbocycles. The van der Waals surface area contributed by atoms with E-state index in [4.69, 9.17) is 11.6 Å². The third kappa shape index (κ3) is 4.65. The van der Waals surface area contributed by atoms with Gasteiger partial charge in [-0.3, -0.25) is 9.69 Å². The smallest absolute Gasteiger partial charge is 0.233 e. The van der Waals surface area contributed by atoms with E-state index in [9.17, 15) is 4.79 Å². The predicted octanol–water partition coefficient (Wildman–Crippen LogP) is 5.13. The Labute approximate surface area is 203 Å². The van der Waals surface area contributed by atoms with E-state index in [0.717, 1.165) is 82.1 Å². The maximum atomic E-state index is 13.7. The van der Waals surface area contributed by atoms with Crippen molar-refractivity contribution in [1.29, 1.82) is 0 Å². The first-order valence-corrected chi connectivity index (χ1v) is 13.0. The van der Waals surface area contributed by atoms with Crippen LogP contribution in [-0.2, 0) is 10.2 Å². The largest absolute Gasteiger partial charge is 0.369 e. The zero-order valence-electron chi connectivity index (χ0n) is 19.8. The molecule has 2 aromatic carbocycles. The van der Waals surface area contributed by atoms with Gasteiger partial charge in [-0.1, -0.05) is 48.4 Å². The average molecular weight is 466 g/mol. The molecule has 4 nitrogen and oxygen atoms in total. The summed E-state index contributed by atoms with van der Waals surface area (Å²) in [7, 11) is 0. The summed E-state index contributed by atoms with van der Waals surface area (Å²) >= 11 is 6.11. The molecule has 0 bridgehead atoms. The number of hydrogen-bond acceptors (Lipinski definition) is 3. The minimum atomic E-state index is -0.314. The molecule has 1 atom stereocenters. The Kier molecular flexibility index (Phi) is 6.67. The van der Waals surface area contributed by atoms with Crippen LogP contribution in [0.15, 0.2) is 48.5 Å². The van der Waals surface area contributed by atoms with Gasteiger partial charge in [0.1, 0.15) is 0 Å². The Bertz CT molecular complexity index is 963. The molecule has 33 heavy (non-hydrogen) atoms. The van der Waals surface area contributed by atoms with Crippen LogP contribution < -0.4 is 4.90 Å². The van der Waals surface area contributed by atoms with Crippen LogP contribution in [0.5, 0.6) is 0 Å². The van der Waals surface area contributed by atoms with E-state index in [0.29, 0.717) is 11.8 Å². The summed E-state index contributed by atoms with van der Waals surface area (Å²) in [6.45, 7) is 9.51. The number of aryl methyl sites for hydroxylation is 1. The van der Waals surface area contributed by atoms with Crippen LogP contribution in [0.3, 0.4) is 0 Å². The number of likely N-dealkylation sites (tertiary alicyclic amines) is 1. The van der Waals surface area contributed by atoms with E-state index < -0.39 is 0 Å². The molecule has 2 heterocycles. The number of amides is 1. The monoisotopic (exact) mass is 465 g/mol. The van der Waals surface area contributed by atoms with Gasteiger partial charge in [0.05, 0.1) is 5.41 Å². The number of rotatable bonds is 5. The van der Waals surface area contributed by atoms with E-state index in [1.165, 1.54) is 17.7 Å². The van der Waals surface area contributed by atoms with Gasteiger partial charge in [-0.05, 0) is 67.9 Å². The summed E-state index contributed by atoms with van der Waals surface area (Å²) in [6, 6.07) is 16.7. The van der Waals surface area contributed by atoms with E-state index >= 15 is 0 Å². The number of benzene rings is 2. The molecule has 176 valence electrons. The topological polar surface area (TPSA) is 26.8 Å². The van der Waals surface area contributed by atoms with Crippen LogP contribution in [0, 0.1) is 12.8 Å². The fourth-order valence-electron chi connectivity index (χ4n) is 6.08. The Balaban J connectivity index is 1.18. The highest BCUT2D eigenvalue weighted by molar-refractivity contribution is 6.30. The van der Waals surface area contributed by atoms with Crippen LogP contribution in [0.25, 0.3) is 0 Å². The number of piperazine rings is 1. The van der Waals surface area contributed by atoms with Crippen molar-refractivity contribution in [3.8, 4) is 0 Å². The minimum absolute atomic E-state index is 0.314. The van der Waals surface area contributed by atoms with Gasteiger partial charge in [-0.15, -0.1) is 0 Å². The molecular formula is C28H36ClN3O. The molecule has 2 aromatic rings. The summed E-state index contributed by atoms with van der Waals surface area (Å²) in [5.74, 6) is 0.931. The number of piperidine rings is 1. The SMILES string of the molecule is Cc1ccccc1N1CCN(CC2CCCN(C(=O)C3(c4ccc(Cl)cc4)CCC3)C2)CC1. The summed E-state index contributed by atoms with van der Waals surface area (Å²) in [4.78, 5) is 21.1. The summed E-state index contributed by atoms with van der Waals surface area (Å²) < 4.78 is 0. The van der Waals surface area contributed by atoms with Crippen LogP contribution in [-0.4, -0.2) is 61.5 Å². The molecule has 1 aliphatic carbocycles. The Morgan fingerprint density at radius 1 is 0.970 bits per heavy atom. The molecule has 5 heteroatoms. The molecule has 2 saturated heterocycles. The summed E-state index contributed by atoms with van der Waals surface area (Å²) in [5.41, 5.74) is 3.57. The van der Waals surface area contributed by atoms with E-state index in [1.807, 2.05) is 12.1 Å². The number of anilines is 1. The van der Waals surface area contributed by atoms with Crippen molar-refractivity contribution in [3.63, 3.8) is 0 Å². The summed E-state index contributed by atoms with van der Waals surface area (Å²) in [5, 5.41) is 0.737. The van der Waals surface area contributed by atoms with Crippen molar-refractivity contribution in [3.05, 3.63) is 64.7 Å². The first kappa shape index (κ1) is 22.7. The number of halogens is 1. The minimum Gasteiger partial charge on any atom is -0.369 e.